The highest BCUT2D eigenvalue weighted by Crippen LogP contribution is 2.28. The van der Waals surface area contributed by atoms with Crippen LogP contribution in [0.4, 0.5) is 11.4 Å². The van der Waals surface area contributed by atoms with Crippen LogP contribution in [0.15, 0.2) is 47.0 Å². The molecule has 0 saturated carbocycles. The van der Waals surface area contributed by atoms with Crippen molar-refractivity contribution >= 4 is 28.9 Å². The topological polar surface area (TPSA) is 80.5 Å². The third-order valence-corrected chi connectivity index (χ3v) is 6.04. The van der Waals surface area contributed by atoms with E-state index in [2.05, 4.69) is 39.4 Å². The number of rotatable bonds is 7. The maximum absolute atomic E-state index is 12.3. The van der Waals surface area contributed by atoms with Gasteiger partial charge in [0.2, 0.25) is 17.6 Å². The number of benzene rings is 2. The molecule has 1 fully saturated rings. The number of hydrogen-bond acceptors (Lipinski definition) is 6. The van der Waals surface area contributed by atoms with Gasteiger partial charge in [-0.25, -0.2) is 0 Å². The van der Waals surface area contributed by atoms with E-state index in [4.69, 9.17) is 20.9 Å². The summed E-state index contributed by atoms with van der Waals surface area (Å²) < 4.78 is 10.5. The molecular formula is C24H27ClN4O3. The molecule has 32 heavy (non-hydrogen) atoms. The molecule has 4 rings (SSSR count). The summed E-state index contributed by atoms with van der Waals surface area (Å²) in [5.74, 6) is 2.16. The second kappa shape index (κ2) is 10.0. The van der Waals surface area contributed by atoms with Gasteiger partial charge in [-0.3, -0.25) is 4.79 Å². The van der Waals surface area contributed by atoms with Crippen LogP contribution in [0.3, 0.4) is 0 Å². The van der Waals surface area contributed by atoms with E-state index in [1.165, 1.54) is 18.5 Å². The Balaban J connectivity index is 1.31. The van der Waals surface area contributed by atoms with Crippen molar-refractivity contribution in [2.45, 2.75) is 32.6 Å². The van der Waals surface area contributed by atoms with E-state index in [-0.39, 0.29) is 12.3 Å². The van der Waals surface area contributed by atoms with Crippen molar-refractivity contribution in [1.29, 1.82) is 0 Å². The lowest BCUT2D eigenvalue weighted by atomic mass is 9.98. The molecule has 0 radical (unpaired) electrons. The van der Waals surface area contributed by atoms with Gasteiger partial charge < -0.3 is 19.5 Å². The van der Waals surface area contributed by atoms with Crippen LogP contribution >= 0.6 is 11.6 Å². The van der Waals surface area contributed by atoms with Gasteiger partial charge >= 0.3 is 0 Å². The first-order valence-corrected chi connectivity index (χ1v) is 11.2. The molecule has 2 aromatic carbocycles. The predicted molar refractivity (Wildman–Crippen MR) is 125 cm³/mol. The fourth-order valence-electron chi connectivity index (χ4n) is 3.75. The largest absolute Gasteiger partial charge is 0.495 e. The van der Waals surface area contributed by atoms with Gasteiger partial charge in [0.1, 0.15) is 5.75 Å². The zero-order valence-electron chi connectivity index (χ0n) is 18.3. The van der Waals surface area contributed by atoms with Crippen molar-refractivity contribution in [2.75, 3.05) is 30.4 Å². The summed E-state index contributed by atoms with van der Waals surface area (Å²) in [6, 6.07) is 13.3. The zero-order chi connectivity index (χ0) is 22.5. The molecule has 1 aromatic heterocycles. The van der Waals surface area contributed by atoms with E-state index in [0.29, 0.717) is 34.6 Å². The van der Waals surface area contributed by atoms with Crippen molar-refractivity contribution in [3.05, 3.63) is 53.4 Å². The smallest absolute Gasteiger partial charge is 0.227 e. The number of ether oxygens (including phenoxy) is 1. The van der Waals surface area contributed by atoms with Gasteiger partial charge in [0, 0.05) is 42.9 Å². The lowest BCUT2D eigenvalue weighted by Gasteiger charge is -2.32. The molecule has 1 aliphatic heterocycles. The summed E-state index contributed by atoms with van der Waals surface area (Å²) in [6.07, 6.45) is 3.04. The first-order chi connectivity index (χ1) is 15.5. The molecule has 0 bridgehead atoms. The number of carbonyl (C=O) groups is 1. The second-order valence-corrected chi connectivity index (χ2v) is 8.53. The van der Waals surface area contributed by atoms with Crippen molar-refractivity contribution < 1.29 is 14.1 Å². The normalized spacial score (nSPS) is 14.4. The number of aromatic nitrogens is 2. The molecule has 1 saturated heterocycles. The Morgan fingerprint density at radius 2 is 1.97 bits per heavy atom. The number of carbonyl (C=O) groups excluding carboxylic acids is 1. The third kappa shape index (κ3) is 5.40. The number of amides is 1. The zero-order valence-corrected chi connectivity index (χ0v) is 19.1. The van der Waals surface area contributed by atoms with Gasteiger partial charge in [0.05, 0.1) is 12.1 Å². The summed E-state index contributed by atoms with van der Waals surface area (Å²) in [5, 5.41) is 7.32. The van der Waals surface area contributed by atoms with Gasteiger partial charge in [-0.15, -0.1) is 0 Å². The molecule has 1 aliphatic rings. The Morgan fingerprint density at radius 3 is 2.66 bits per heavy atom. The fourth-order valence-corrected chi connectivity index (χ4v) is 4.01. The lowest BCUT2D eigenvalue weighted by molar-refractivity contribution is -0.116. The Kier molecular flexibility index (Phi) is 6.95. The van der Waals surface area contributed by atoms with Crippen LogP contribution in [-0.4, -0.2) is 36.2 Å². The number of halogens is 1. The highest BCUT2D eigenvalue weighted by molar-refractivity contribution is 6.32. The number of aryl methyl sites for hydroxylation is 1. The Hall–Kier alpha value is -3.06. The van der Waals surface area contributed by atoms with Crippen molar-refractivity contribution in [2.24, 2.45) is 5.92 Å². The van der Waals surface area contributed by atoms with Crippen molar-refractivity contribution in [3.8, 4) is 17.1 Å². The molecule has 1 N–H and O–H groups in total. The standard InChI is InChI=1S/C24H27ClN4O3/c1-16-11-13-29(14-12-16)19-6-3-17(4-7-19)24-27-23(32-28-24)10-9-22(30)26-18-5-8-21(31-2)20(25)15-18/h3-8,15-16H,9-14H2,1-2H3,(H,26,30). The average Bonchev–Trinajstić information content (AvgIpc) is 3.28. The first kappa shape index (κ1) is 22.1. The van der Waals surface area contributed by atoms with Crippen LogP contribution in [-0.2, 0) is 11.2 Å². The highest BCUT2D eigenvalue weighted by atomic mass is 35.5. The Labute approximate surface area is 192 Å². The minimum Gasteiger partial charge on any atom is -0.495 e. The monoisotopic (exact) mass is 454 g/mol. The minimum absolute atomic E-state index is 0.161. The molecule has 1 amide bonds. The van der Waals surface area contributed by atoms with Gasteiger partial charge in [0.25, 0.3) is 0 Å². The molecular weight excluding hydrogens is 428 g/mol. The number of hydrogen-bond donors (Lipinski definition) is 1. The number of anilines is 2. The van der Waals surface area contributed by atoms with E-state index in [1.54, 1.807) is 25.3 Å². The molecule has 0 aliphatic carbocycles. The van der Waals surface area contributed by atoms with E-state index in [0.717, 1.165) is 24.6 Å². The number of nitrogens with zero attached hydrogens (tertiary/aromatic N) is 3. The van der Waals surface area contributed by atoms with Crippen molar-refractivity contribution in [1.82, 2.24) is 10.1 Å². The highest BCUT2D eigenvalue weighted by Gasteiger charge is 2.17. The summed E-state index contributed by atoms with van der Waals surface area (Å²) >= 11 is 6.09. The molecule has 7 nitrogen and oxygen atoms in total. The van der Waals surface area contributed by atoms with Gasteiger partial charge in [0.15, 0.2) is 0 Å². The quantitative estimate of drug-likeness (QED) is 0.528. The Morgan fingerprint density at radius 1 is 1.22 bits per heavy atom. The SMILES string of the molecule is COc1ccc(NC(=O)CCc2nc(-c3ccc(N4CCC(C)CC4)cc3)no2)cc1Cl. The average molecular weight is 455 g/mol. The molecule has 3 aromatic rings. The maximum atomic E-state index is 12.3. The van der Waals surface area contributed by atoms with Crippen LogP contribution in [0.25, 0.3) is 11.4 Å². The molecule has 8 heteroatoms. The predicted octanol–water partition coefficient (Wildman–Crippen LogP) is 5.21. The third-order valence-electron chi connectivity index (χ3n) is 5.74. The number of nitrogens with one attached hydrogen (secondary N) is 1. The van der Waals surface area contributed by atoms with Crippen LogP contribution in [0.5, 0.6) is 5.75 Å². The fraction of sp³-hybridized carbons (Fsp3) is 0.375. The van der Waals surface area contributed by atoms with Gasteiger partial charge in [-0.05, 0) is 61.2 Å². The van der Waals surface area contributed by atoms with Crippen LogP contribution in [0.2, 0.25) is 5.02 Å². The van der Waals surface area contributed by atoms with Crippen LogP contribution < -0.4 is 15.0 Å². The molecule has 2 heterocycles. The van der Waals surface area contributed by atoms with Crippen molar-refractivity contribution in [3.63, 3.8) is 0 Å². The lowest BCUT2D eigenvalue weighted by Crippen LogP contribution is -2.32. The van der Waals surface area contributed by atoms with Gasteiger partial charge in [-0.1, -0.05) is 23.7 Å². The van der Waals surface area contributed by atoms with E-state index < -0.39 is 0 Å². The molecule has 0 unspecified atom stereocenters. The minimum atomic E-state index is -0.161. The van der Waals surface area contributed by atoms with E-state index >= 15 is 0 Å². The van der Waals surface area contributed by atoms with E-state index in [9.17, 15) is 4.79 Å². The number of piperidine rings is 1. The molecule has 168 valence electrons. The number of methoxy groups -OCH3 is 1. The van der Waals surface area contributed by atoms with Crippen LogP contribution in [0.1, 0.15) is 32.1 Å². The Bertz CT molecular complexity index is 1060. The second-order valence-electron chi connectivity index (χ2n) is 8.13. The summed E-state index contributed by atoms with van der Waals surface area (Å²) in [4.78, 5) is 19.1. The van der Waals surface area contributed by atoms with E-state index in [1.807, 2.05) is 12.1 Å². The summed E-state index contributed by atoms with van der Waals surface area (Å²) in [5.41, 5.74) is 2.72. The molecule has 0 atom stereocenters. The van der Waals surface area contributed by atoms with Crippen LogP contribution in [0, 0.1) is 5.92 Å². The molecule has 0 spiro atoms. The summed E-state index contributed by atoms with van der Waals surface area (Å²) in [6.45, 7) is 4.50. The summed E-state index contributed by atoms with van der Waals surface area (Å²) in [7, 11) is 1.54. The maximum Gasteiger partial charge on any atom is 0.227 e. The van der Waals surface area contributed by atoms with Gasteiger partial charge in [-0.2, -0.15) is 4.98 Å². The first-order valence-electron chi connectivity index (χ1n) is 10.8.